The normalized spacial score (nSPS) is 22.0. The molecule has 0 spiro atoms. The van der Waals surface area contributed by atoms with Crippen molar-refractivity contribution in [3.05, 3.63) is 11.5 Å². The van der Waals surface area contributed by atoms with Crippen LogP contribution in [0.25, 0.3) is 11.0 Å². The number of fused-ring (bicyclic) bond motifs is 1. The Balaban J connectivity index is 2.16. The van der Waals surface area contributed by atoms with E-state index in [1.807, 2.05) is 11.6 Å². The van der Waals surface area contributed by atoms with Gasteiger partial charge >= 0.3 is 0 Å². The number of aryl methyl sites for hydroxylation is 3. The maximum absolute atomic E-state index is 5.88. The van der Waals surface area contributed by atoms with Gasteiger partial charge in [-0.1, -0.05) is 6.92 Å². The molecule has 2 atom stereocenters. The van der Waals surface area contributed by atoms with Crippen LogP contribution in [0.5, 0.6) is 0 Å². The second-order valence-corrected chi connectivity index (χ2v) is 6.47. The average Bonchev–Trinajstić information content (AvgIpc) is 2.82. The van der Waals surface area contributed by atoms with Crippen molar-refractivity contribution in [1.82, 2.24) is 19.7 Å². The highest BCUT2D eigenvalue weighted by Crippen LogP contribution is 2.28. The Morgan fingerprint density at radius 1 is 1.13 bits per heavy atom. The van der Waals surface area contributed by atoms with Crippen molar-refractivity contribution in [1.29, 1.82) is 0 Å². The number of anilines is 1. The topological polar surface area (TPSA) is 56.1 Å². The lowest BCUT2D eigenvalue weighted by atomic mass is 10.2. The molecule has 1 fully saturated rings. The Morgan fingerprint density at radius 3 is 2.43 bits per heavy atom. The minimum Gasteiger partial charge on any atom is -0.372 e. The van der Waals surface area contributed by atoms with E-state index in [9.17, 15) is 0 Å². The number of rotatable bonds is 4. The van der Waals surface area contributed by atoms with Gasteiger partial charge in [-0.05, 0) is 34.1 Å². The van der Waals surface area contributed by atoms with Crippen LogP contribution in [0.2, 0.25) is 0 Å². The van der Waals surface area contributed by atoms with Crippen LogP contribution in [0, 0.1) is 6.92 Å². The van der Waals surface area contributed by atoms with Crippen molar-refractivity contribution in [3.63, 3.8) is 0 Å². The lowest BCUT2D eigenvalue weighted by molar-refractivity contribution is -0.00540. The zero-order valence-corrected chi connectivity index (χ0v) is 14.8. The minimum atomic E-state index is 0.206. The molecule has 6 heteroatoms. The number of ether oxygens (including phenoxy) is 1. The highest BCUT2D eigenvalue weighted by atomic mass is 16.5. The largest absolute Gasteiger partial charge is 0.372 e. The molecule has 2 aromatic rings. The van der Waals surface area contributed by atoms with Gasteiger partial charge in [-0.15, -0.1) is 0 Å². The number of morpholine rings is 1. The standard InChI is InChI=1S/C17H27N5O/c1-6-8-14-18-15-13(5)20-22(7-2)16(15)17(19-14)21-9-11(3)23-12(4)10-21/h11-12H,6-10H2,1-5H3/t11-,12-/m0/s1. The molecule has 0 aliphatic carbocycles. The summed E-state index contributed by atoms with van der Waals surface area (Å²) in [5, 5.41) is 4.66. The van der Waals surface area contributed by atoms with E-state index in [1.165, 1.54) is 0 Å². The highest BCUT2D eigenvalue weighted by Gasteiger charge is 2.27. The Morgan fingerprint density at radius 2 is 1.83 bits per heavy atom. The van der Waals surface area contributed by atoms with Crippen LogP contribution in [0.1, 0.15) is 45.6 Å². The van der Waals surface area contributed by atoms with Crippen LogP contribution in [0.4, 0.5) is 5.82 Å². The summed E-state index contributed by atoms with van der Waals surface area (Å²) in [6.45, 7) is 13.1. The first kappa shape index (κ1) is 16.2. The summed E-state index contributed by atoms with van der Waals surface area (Å²) >= 11 is 0. The molecule has 0 aromatic carbocycles. The summed E-state index contributed by atoms with van der Waals surface area (Å²) in [6.07, 6.45) is 2.35. The molecule has 0 bridgehead atoms. The molecule has 3 heterocycles. The summed E-state index contributed by atoms with van der Waals surface area (Å²) in [4.78, 5) is 12.0. The maximum Gasteiger partial charge on any atom is 0.158 e. The first-order valence-electron chi connectivity index (χ1n) is 8.67. The van der Waals surface area contributed by atoms with Gasteiger partial charge < -0.3 is 9.64 Å². The quantitative estimate of drug-likeness (QED) is 0.868. The van der Waals surface area contributed by atoms with E-state index in [2.05, 4.69) is 37.7 Å². The van der Waals surface area contributed by atoms with Crippen LogP contribution in [0.15, 0.2) is 0 Å². The Kier molecular flexibility index (Phi) is 4.53. The lowest BCUT2D eigenvalue weighted by Crippen LogP contribution is -2.46. The highest BCUT2D eigenvalue weighted by molar-refractivity contribution is 5.88. The van der Waals surface area contributed by atoms with Gasteiger partial charge in [-0.2, -0.15) is 5.10 Å². The van der Waals surface area contributed by atoms with Crippen molar-refractivity contribution >= 4 is 16.9 Å². The van der Waals surface area contributed by atoms with E-state index in [-0.39, 0.29) is 12.2 Å². The molecule has 0 unspecified atom stereocenters. The summed E-state index contributed by atoms with van der Waals surface area (Å²) in [7, 11) is 0. The molecule has 2 aromatic heterocycles. The van der Waals surface area contributed by atoms with Crippen LogP contribution >= 0.6 is 0 Å². The Bertz CT molecular complexity index is 686. The van der Waals surface area contributed by atoms with Gasteiger partial charge in [0.2, 0.25) is 0 Å². The molecular formula is C17H27N5O. The molecule has 0 N–H and O–H groups in total. The third-order valence-electron chi connectivity index (χ3n) is 4.28. The van der Waals surface area contributed by atoms with Crippen molar-refractivity contribution in [3.8, 4) is 0 Å². The average molecular weight is 317 g/mol. The third-order valence-corrected chi connectivity index (χ3v) is 4.28. The zero-order chi connectivity index (χ0) is 16.6. The fourth-order valence-corrected chi connectivity index (χ4v) is 3.39. The van der Waals surface area contributed by atoms with Gasteiger partial charge in [0.1, 0.15) is 16.9 Å². The Labute approximate surface area is 137 Å². The smallest absolute Gasteiger partial charge is 0.158 e. The predicted octanol–water partition coefficient (Wildman–Crippen LogP) is 2.72. The monoisotopic (exact) mass is 317 g/mol. The van der Waals surface area contributed by atoms with Gasteiger partial charge in [0.15, 0.2) is 5.82 Å². The molecule has 6 nitrogen and oxygen atoms in total. The first-order valence-corrected chi connectivity index (χ1v) is 8.67. The van der Waals surface area contributed by atoms with Gasteiger partial charge in [0.25, 0.3) is 0 Å². The van der Waals surface area contributed by atoms with Crippen LogP contribution in [-0.2, 0) is 17.7 Å². The third kappa shape index (κ3) is 3.04. The van der Waals surface area contributed by atoms with Crippen LogP contribution in [0.3, 0.4) is 0 Å². The molecule has 23 heavy (non-hydrogen) atoms. The summed E-state index contributed by atoms with van der Waals surface area (Å²) < 4.78 is 7.91. The molecule has 0 amide bonds. The van der Waals surface area contributed by atoms with E-state index in [0.29, 0.717) is 0 Å². The molecule has 3 rings (SSSR count). The fraction of sp³-hybridized carbons (Fsp3) is 0.706. The minimum absolute atomic E-state index is 0.206. The molecule has 0 saturated carbocycles. The van der Waals surface area contributed by atoms with Gasteiger partial charge in [-0.3, -0.25) is 4.68 Å². The lowest BCUT2D eigenvalue weighted by Gasteiger charge is -2.36. The van der Waals surface area contributed by atoms with Gasteiger partial charge in [0.05, 0.1) is 17.9 Å². The zero-order valence-electron chi connectivity index (χ0n) is 14.8. The molecule has 1 aliphatic rings. The van der Waals surface area contributed by atoms with Crippen LogP contribution < -0.4 is 4.90 Å². The van der Waals surface area contributed by atoms with E-state index in [1.54, 1.807) is 0 Å². The van der Waals surface area contributed by atoms with Crippen molar-refractivity contribution in [2.24, 2.45) is 0 Å². The molecule has 1 saturated heterocycles. The van der Waals surface area contributed by atoms with E-state index < -0.39 is 0 Å². The van der Waals surface area contributed by atoms with E-state index in [4.69, 9.17) is 14.7 Å². The summed E-state index contributed by atoms with van der Waals surface area (Å²) in [5.41, 5.74) is 3.04. The number of hydrogen-bond donors (Lipinski definition) is 0. The fourth-order valence-electron chi connectivity index (χ4n) is 3.39. The Hall–Kier alpha value is -1.69. The summed E-state index contributed by atoms with van der Waals surface area (Å²) in [5.74, 6) is 1.93. The van der Waals surface area contributed by atoms with Gasteiger partial charge in [0, 0.05) is 26.1 Å². The molecule has 126 valence electrons. The predicted molar refractivity (Wildman–Crippen MR) is 92.0 cm³/mol. The number of nitrogens with zero attached hydrogens (tertiary/aromatic N) is 5. The maximum atomic E-state index is 5.88. The van der Waals surface area contributed by atoms with Crippen LogP contribution in [-0.4, -0.2) is 45.0 Å². The molecular weight excluding hydrogens is 290 g/mol. The summed E-state index contributed by atoms with van der Waals surface area (Å²) in [6, 6.07) is 0. The van der Waals surface area contributed by atoms with Gasteiger partial charge in [-0.25, -0.2) is 9.97 Å². The second-order valence-electron chi connectivity index (χ2n) is 6.47. The first-order chi connectivity index (χ1) is 11.0. The number of aromatic nitrogens is 4. The SMILES string of the molecule is CCCc1nc(N2C[C@H](C)O[C@@H](C)C2)c2c(n1)c(C)nn2CC. The molecule has 0 radical (unpaired) electrons. The van der Waals surface area contributed by atoms with E-state index >= 15 is 0 Å². The second kappa shape index (κ2) is 6.43. The van der Waals surface area contributed by atoms with E-state index in [0.717, 1.165) is 60.8 Å². The van der Waals surface area contributed by atoms with Crippen molar-refractivity contribution in [2.45, 2.75) is 66.2 Å². The van der Waals surface area contributed by atoms with Crippen molar-refractivity contribution in [2.75, 3.05) is 18.0 Å². The molecule has 1 aliphatic heterocycles. The number of hydrogen-bond acceptors (Lipinski definition) is 5. The van der Waals surface area contributed by atoms with Crippen molar-refractivity contribution < 1.29 is 4.74 Å².